The summed E-state index contributed by atoms with van der Waals surface area (Å²) in [5.41, 5.74) is 0. The molecule has 1 heterocycles. The molecule has 0 saturated heterocycles. The lowest BCUT2D eigenvalue weighted by Crippen LogP contribution is -2.27. The Labute approximate surface area is 77.9 Å². The van der Waals surface area contributed by atoms with Crippen LogP contribution in [0.2, 0.25) is 0 Å². The Kier molecular flexibility index (Phi) is 3.16. The van der Waals surface area contributed by atoms with E-state index in [1.165, 1.54) is 6.26 Å². The number of halogens is 3. The van der Waals surface area contributed by atoms with Crippen LogP contribution in [0.25, 0.3) is 0 Å². The van der Waals surface area contributed by atoms with Crippen molar-refractivity contribution in [1.29, 1.82) is 0 Å². The van der Waals surface area contributed by atoms with Gasteiger partial charge in [0.15, 0.2) is 0 Å². The monoisotopic (exact) mass is 207 g/mol. The van der Waals surface area contributed by atoms with E-state index in [2.05, 4.69) is 5.32 Å². The number of hydrogen-bond donors (Lipinski definition) is 1. The van der Waals surface area contributed by atoms with E-state index in [4.69, 9.17) is 4.42 Å². The zero-order valence-corrected chi connectivity index (χ0v) is 7.10. The van der Waals surface area contributed by atoms with Crippen LogP contribution >= 0.6 is 0 Å². The average Bonchev–Trinajstić information content (AvgIpc) is 2.49. The van der Waals surface area contributed by atoms with E-state index in [1.807, 2.05) is 0 Å². The third-order valence-corrected chi connectivity index (χ3v) is 1.40. The highest BCUT2D eigenvalue weighted by atomic mass is 19.4. The number of hydrogen-bond acceptors (Lipinski definition) is 2. The second-order valence-corrected chi connectivity index (χ2v) is 2.65. The van der Waals surface area contributed by atoms with Crippen molar-refractivity contribution >= 4 is 5.91 Å². The van der Waals surface area contributed by atoms with Crippen molar-refractivity contribution in [3.8, 4) is 0 Å². The first-order valence-electron chi connectivity index (χ1n) is 3.83. The van der Waals surface area contributed by atoms with Gasteiger partial charge < -0.3 is 9.73 Å². The van der Waals surface area contributed by atoms with Crippen LogP contribution < -0.4 is 5.32 Å². The highest BCUT2D eigenvalue weighted by molar-refractivity contribution is 5.76. The van der Waals surface area contributed by atoms with E-state index in [0.29, 0.717) is 5.76 Å². The fraction of sp³-hybridized carbons (Fsp3) is 0.375. The molecular weight excluding hydrogens is 199 g/mol. The van der Waals surface area contributed by atoms with Gasteiger partial charge in [0.25, 0.3) is 0 Å². The van der Waals surface area contributed by atoms with Gasteiger partial charge in [-0.05, 0) is 12.1 Å². The second kappa shape index (κ2) is 4.17. The summed E-state index contributed by atoms with van der Waals surface area (Å²) in [4.78, 5) is 10.7. The molecule has 1 aromatic heterocycles. The molecule has 0 aliphatic rings. The molecule has 0 saturated carbocycles. The smallest absolute Gasteiger partial charge is 0.397 e. The van der Waals surface area contributed by atoms with Crippen LogP contribution in [0.1, 0.15) is 12.2 Å². The second-order valence-electron chi connectivity index (χ2n) is 2.65. The number of amides is 1. The van der Waals surface area contributed by atoms with Crippen molar-refractivity contribution in [3.05, 3.63) is 24.2 Å². The number of carbonyl (C=O) groups is 1. The molecule has 0 radical (unpaired) electrons. The van der Waals surface area contributed by atoms with Crippen LogP contribution in [-0.4, -0.2) is 12.1 Å². The predicted molar refractivity (Wildman–Crippen MR) is 41.2 cm³/mol. The van der Waals surface area contributed by atoms with Gasteiger partial charge in [0.05, 0.1) is 12.8 Å². The molecular formula is C8H8F3NO2. The molecule has 0 aromatic carbocycles. The van der Waals surface area contributed by atoms with Crippen molar-refractivity contribution in [2.45, 2.75) is 19.1 Å². The largest absolute Gasteiger partial charge is 0.467 e. The van der Waals surface area contributed by atoms with Gasteiger partial charge in [0.2, 0.25) is 5.91 Å². The molecule has 0 atom stereocenters. The van der Waals surface area contributed by atoms with Crippen LogP contribution in [0.3, 0.4) is 0 Å². The molecule has 1 N–H and O–H groups in total. The van der Waals surface area contributed by atoms with Gasteiger partial charge in [-0.25, -0.2) is 0 Å². The van der Waals surface area contributed by atoms with E-state index in [1.54, 1.807) is 12.1 Å². The Hall–Kier alpha value is -1.46. The van der Waals surface area contributed by atoms with Crippen molar-refractivity contribution in [2.75, 3.05) is 0 Å². The lowest BCUT2D eigenvalue weighted by molar-refractivity contribution is -0.153. The quantitative estimate of drug-likeness (QED) is 0.821. The summed E-state index contributed by atoms with van der Waals surface area (Å²) in [7, 11) is 0. The summed E-state index contributed by atoms with van der Waals surface area (Å²) < 4.78 is 39.9. The molecule has 0 aliphatic heterocycles. The summed E-state index contributed by atoms with van der Waals surface area (Å²) in [5, 5.41) is 2.09. The molecule has 3 nitrogen and oxygen atoms in total. The van der Waals surface area contributed by atoms with E-state index in [9.17, 15) is 18.0 Å². The predicted octanol–water partition coefficient (Wildman–Crippen LogP) is 1.85. The topological polar surface area (TPSA) is 42.2 Å². The number of furan rings is 1. The number of alkyl halides is 3. The third kappa shape index (κ3) is 3.97. The molecule has 1 amide bonds. The maximum Gasteiger partial charge on any atom is 0.397 e. The lowest BCUT2D eigenvalue weighted by Gasteiger charge is -2.05. The summed E-state index contributed by atoms with van der Waals surface area (Å²) in [6, 6.07) is 3.15. The first-order valence-corrected chi connectivity index (χ1v) is 3.83. The normalized spacial score (nSPS) is 11.4. The molecule has 1 aromatic rings. The number of nitrogens with one attached hydrogen (secondary N) is 1. The zero-order valence-electron chi connectivity index (χ0n) is 7.10. The first-order chi connectivity index (χ1) is 6.47. The van der Waals surface area contributed by atoms with Crippen molar-refractivity contribution in [1.82, 2.24) is 5.32 Å². The molecule has 0 unspecified atom stereocenters. The number of carbonyl (C=O) groups excluding carboxylic acids is 1. The van der Waals surface area contributed by atoms with E-state index in [0.717, 1.165) is 0 Å². The number of rotatable bonds is 3. The molecule has 1 rings (SSSR count). The van der Waals surface area contributed by atoms with Gasteiger partial charge in [-0.1, -0.05) is 0 Å². The van der Waals surface area contributed by atoms with Gasteiger partial charge in [0.1, 0.15) is 12.2 Å². The summed E-state index contributed by atoms with van der Waals surface area (Å²) in [6.45, 7) is -0.0259. The Balaban J connectivity index is 2.29. The van der Waals surface area contributed by atoms with Crippen LogP contribution in [0.15, 0.2) is 22.8 Å². The van der Waals surface area contributed by atoms with Crippen LogP contribution in [0, 0.1) is 0 Å². The Morgan fingerprint density at radius 1 is 1.50 bits per heavy atom. The highest BCUT2D eigenvalue weighted by Gasteiger charge is 2.30. The lowest BCUT2D eigenvalue weighted by atomic mass is 10.3. The molecule has 14 heavy (non-hydrogen) atoms. The molecule has 0 bridgehead atoms. The SMILES string of the molecule is O=C(CC(F)(F)F)NCc1ccco1. The summed E-state index contributed by atoms with van der Waals surface area (Å²) >= 11 is 0. The van der Waals surface area contributed by atoms with Crippen molar-refractivity contribution in [3.63, 3.8) is 0 Å². The van der Waals surface area contributed by atoms with Crippen LogP contribution in [0.5, 0.6) is 0 Å². The van der Waals surface area contributed by atoms with E-state index in [-0.39, 0.29) is 6.54 Å². The fourth-order valence-corrected chi connectivity index (χ4v) is 0.843. The zero-order chi connectivity index (χ0) is 10.6. The summed E-state index contributed by atoms with van der Waals surface area (Å²) in [5.74, 6) is -0.644. The minimum Gasteiger partial charge on any atom is -0.467 e. The average molecular weight is 207 g/mol. The molecule has 0 aliphatic carbocycles. The van der Waals surface area contributed by atoms with Gasteiger partial charge in [-0.2, -0.15) is 13.2 Å². The minimum atomic E-state index is -4.47. The fourth-order valence-electron chi connectivity index (χ4n) is 0.843. The van der Waals surface area contributed by atoms with Crippen LogP contribution in [-0.2, 0) is 11.3 Å². The Bertz CT molecular complexity index is 292. The van der Waals surface area contributed by atoms with E-state index < -0.39 is 18.5 Å². The Morgan fingerprint density at radius 2 is 2.21 bits per heavy atom. The molecule has 0 spiro atoms. The van der Waals surface area contributed by atoms with Crippen LogP contribution in [0.4, 0.5) is 13.2 Å². The molecule has 78 valence electrons. The van der Waals surface area contributed by atoms with Crippen molar-refractivity contribution in [2.24, 2.45) is 0 Å². The highest BCUT2D eigenvalue weighted by Crippen LogP contribution is 2.18. The van der Waals surface area contributed by atoms with E-state index >= 15 is 0 Å². The minimum absolute atomic E-state index is 0.0259. The molecule has 6 heteroatoms. The van der Waals surface area contributed by atoms with Gasteiger partial charge in [-0.3, -0.25) is 4.79 Å². The van der Waals surface area contributed by atoms with Gasteiger partial charge in [0, 0.05) is 0 Å². The van der Waals surface area contributed by atoms with Gasteiger partial charge >= 0.3 is 6.18 Å². The van der Waals surface area contributed by atoms with Crippen molar-refractivity contribution < 1.29 is 22.4 Å². The third-order valence-electron chi connectivity index (χ3n) is 1.40. The maximum atomic E-state index is 11.7. The van der Waals surface area contributed by atoms with Gasteiger partial charge in [-0.15, -0.1) is 0 Å². The Morgan fingerprint density at radius 3 is 2.71 bits per heavy atom. The summed E-state index contributed by atoms with van der Waals surface area (Å²) in [6.07, 6.45) is -4.55. The molecule has 0 fully saturated rings. The first kappa shape index (κ1) is 10.6. The standard InChI is InChI=1S/C8H8F3NO2/c9-8(10,11)4-7(13)12-5-6-2-1-3-14-6/h1-3H,4-5H2,(H,12,13). The maximum absolute atomic E-state index is 11.7.